The number of ether oxygens (including phenoxy) is 1. The molecule has 1 saturated heterocycles. The molecular weight excluding hydrogens is 346 g/mol. The molecule has 7 nitrogen and oxygen atoms in total. The molecule has 3 rings (SSSR count). The monoisotopic (exact) mass is 369 g/mol. The van der Waals surface area contributed by atoms with Crippen molar-refractivity contribution in [1.82, 2.24) is 15.2 Å². The minimum atomic E-state index is -0.732. The van der Waals surface area contributed by atoms with Gasteiger partial charge >= 0.3 is 6.09 Å². The van der Waals surface area contributed by atoms with Crippen molar-refractivity contribution in [3.63, 3.8) is 0 Å². The van der Waals surface area contributed by atoms with Crippen LogP contribution in [0.1, 0.15) is 28.9 Å². The number of carbonyl (C=O) groups is 2. The van der Waals surface area contributed by atoms with E-state index in [1.807, 2.05) is 30.3 Å². The Morgan fingerprint density at radius 3 is 2.59 bits per heavy atom. The number of nitrogens with zero attached hydrogens (tertiary/aromatic N) is 2. The summed E-state index contributed by atoms with van der Waals surface area (Å²) in [6, 6.07) is 14.1. The molecule has 1 aliphatic rings. The first-order valence-electron chi connectivity index (χ1n) is 8.99. The van der Waals surface area contributed by atoms with E-state index in [-0.39, 0.29) is 12.5 Å². The van der Waals surface area contributed by atoms with Crippen LogP contribution in [0.5, 0.6) is 0 Å². The molecule has 1 aromatic carbocycles. The average Bonchev–Trinajstić information content (AvgIpc) is 2.89. The third kappa shape index (κ3) is 5.27. The normalized spacial score (nSPS) is 19.8. The molecule has 1 fully saturated rings. The molecule has 0 spiro atoms. The molecule has 0 unspecified atom stereocenters. The van der Waals surface area contributed by atoms with Crippen LogP contribution in [-0.2, 0) is 11.3 Å². The second kappa shape index (κ2) is 9.14. The maximum Gasteiger partial charge on any atom is 0.410 e. The van der Waals surface area contributed by atoms with Crippen molar-refractivity contribution in [1.29, 1.82) is 0 Å². The minimum Gasteiger partial charge on any atom is -0.445 e. The highest BCUT2D eigenvalue weighted by molar-refractivity contribution is 5.92. The van der Waals surface area contributed by atoms with E-state index in [1.54, 1.807) is 29.3 Å². The molecule has 1 aromatic heterocycles. The number of aromatic nitrogens is 1. The Morgan fingerprint density at radius 1 is 1.11 bits per heavy atom. The summed E-state index contributed by atoms with van der Waals surface area (Å²) >= 11 is 0. The number of benzene rings is 1. The Morgan fingerprint density at radius 2 is 1.85 bits per heavy atom. The molecule has 0 radical (unpaired) electrons. The van der Waals surface area contributed by atoms with Gasteiger partial charge in [-0.2, -0.15) is 0 Å². The SMILES string of the molecule is O=C(N[C@@H]1CCN(C(=O)OCc2ccccc2)CC[C@H]1O)c1ccccn1. The molecule has 2 aromatic rings. The highest BCUT2D eigenvalue weighted by atomic mass is 16.6. The fourth-order valence-electron chi connectivity index (χ4n) is 2.99. The third-order valence-electron chi connectivity index (χ3n) is 4.55. The lowest BCUT2D eigenvalue weighted by atomic mass is 10.1. The number of aliphatic hydroxyl groups is 1. The van der Waals surface area contributed by atoms with Crippen molar-refractivity contribution in [3.05, 3.63) is 66.0 Å². The third-order valence-corrected chi connectivity index (χ3v) is 4.55. The molecule has 2 amide bonds. The predicted octanol–water partition coefficient (Wildman–Crippen LogP) is 1.97. The first-order chi connectivity index (χ1) is 13.1. The van der Waals surface area contributed by atoms with Crippen molar-refractivity contribution in [2.75, 3.05) is 13.1 Å². The van der Waals surface area contributed by atoms with Crippen LogP contribution in [0.4, 0.5) is 4.79 Å². The van der Waals surface area contributed by atoms with Gasteiger partial charge in [-0.15, -0.1) is 0 Å². The quantitative estimate of drug-likeness (QED) is 0.860. The molecule has 2 heterocycles. The van der Waals surface area contributed by atoms with Crippen LogP contribution in [0.25, 0.3) is 0 Å². The smallest absolute Gasteiger partial charge is 0.410 e. The Kier molecular flexibility index (Phi) is 6.38. The van der Waals surface area contributed by atoms with E-state index < -0.39 is 18.2 Å². The van der Waals surface area contributed by atoms with Gasteiger partial charge in [0.1, 0.15) is 12.3 Å². The first kappa shape index (κ1) is 18.8. The van der Waals surface area contributed by atoms with Crippen molar-refractivity contribution in [2.45, 2.75) is 31.6 Å². The van der Waals surface area contributed by atoms with Crippen LogP contribution in [-0.4, -0.2) is 52.2 Å². The van der Waals surface area contributed by atoms with Gasteiger partial charge in [-0.1, -0.05) is 36.4 Å². The van der Waals surface area contributed by atoms with Gasteiger partial charge in [-0.25, -0.2) is 4.79 Å². The summed E-state index contributed by atoms with van der Waals surface area (Å²) in [6.45, 7) is 0.987. The maximum absolute atomic E-state index is 12.3. The van der Waals surface area contributed by atoms with Crippen molar-refractivity contribution in [2.24, 2.45) is 0 Å². The van der Waals surface area contributed by atoms with Crippen LogP contribution in [0, 0.1) is 0 Å². The molecule has 142 valence electrons. The predicted molar refractivity (Wildman–Crippen MR) is 98.9 cm³/mol. The van der Waals surface area contributed by atoms with Crippen LogP contribution in [0.15, 0.2) is 54.7 Å². The van der Waals surface area contributed by atoms with E-state index in [0.717, 1.165) is 5.56 Å². The Labute approximate surface area is 158 Å². The first-order valence-corrected chi connectivity index (χ1v) is 8.99. The number of aliphatic hydroxyl groups excluding tert-OH is 1. The molecule has 2 N–H and O–H groups in total. The van der Waals surface area contributed by atoms with E-state index in [4.69, 9.17) is 4.74 Å². The largest absolute Gasteiger partial charge is 0.445 e. The Bertz CT molecular complexity index is 754. The number of nitrogens with one attached hydrogen (secondary N) is 1. The van der Waals surface area contributed by atoms with Gasteiger partial charge < -0.3 is 20.1 Å². The Balaban J connectivity index is 1.52. The van der Waals surface area contributed by atoms with Gasteiger partial charge in [0.25, 0.3) is 5.91 Å². The standard InChI is InChI=1S/C20H23N3O4/c24-18-10-13-23(20(26)27-14-15-6-2-1-3-7-15)12-9-16(18)22-19(25)17-8-4-5-11-21-17/h1-8,11,16,18,24H,9-10,12-14H2,(H,22,25)/t16-,18-/m1/s1. The van der Waals surface area contributed by atoms with Crippen molar-refractivity contribution >= 4 is 12.0 Å². The molecule has 7 heteroatoms. The number of amides is 2. The van der Waals surface area contributed by atoms with Crippen molar-refractivity contribution in [3.8, 4) is 0 Å². The average molecular weight is 369 g/mol. The second-order valence-electron chi connectivity index (χ2n) is 6.47. The molecule has 27 heavy (non-hydrogen) atoms. The van der Waals surface area contributed by atoms with E-state index >= 15 is 0 Å². The summed E-state index contributed by atoms with van der Waals surface area (Å²) < 4.78 is 5.35. The summed E-state index contributed by atoms with van der Waals surface area (Å²) in [5, 5.41) is 13.2. The van der Waals surface area contributed by atoms with Crippen molar-refractivity contribution < 1.29 is 19.4 Å². The van der Waals surface area contributed by atoms with Crippen LogP contribution >= 0.6 is 0 Å². The summed E-state index contributed by atoms with van der Waals surface area (Å²) in [6.07, 6.45) is 1.21. The summed E-state index contributed by atoms with van der Waals surface area (Å²) in [5.41, 5.74) is 1.22. The minimum absolute atomic E-state index is 0.207. The van der Waals surface area contributed by atoms with Gasteiger partial charge in [0, 0.05) is 19.3 Å². The van der Waals surface area contributed by atoms with E-state index in [1.165, 1.54) is 0 Å². The van der Waals surface area contributed by atoms with Gasteiger partial charge in [-0.3, -0.25) is 9.78 Å². The summed E-state index contributed by atoms with van der Waals surface area (Å²) in [7, 11) is 0. The summed E-state index contributed by atoms with van der Waals surface area (Å²) in [5.74, 6) is -0.334. The molecule has 2 atom stereocenters. The van der Waals surface area contributed by atoms with E-state index in [2.05, 4.69) is 10.3 Å². The molecule has 0 saturated carbocycles. The molecule has 0 aliphatic carbocycles. The number of rotatable bonds is 4. The topological polar surface area (TPSA) is 91.8 Å². The number of pyridine rings is 1. The second-order valence-corrected chi connectivity index (χ2v) is 6.47. The van der Waals surface area contributed by atoms with Gasteiger partial charge in [0.2, 0.25) is 0 Å². The van der Waals surface area contributed by atoms with Crippen LogP contribution in [0.3, 0.4) is 0 Å². The number of hydrogen-bond donors (Lipinski definition) is 2. The van der Waals surface area contributed by atoms with E-state index in [9.17, 15) is 14.7 Å². The zero-order valence-corrected chi connectivity index (χ0v) is 15.0. The maximum atomic E-state index is 12.3. The zero-order chi connectivity index (χ0) is 19.1. The highest BCUT2D eigenvalue weighted by Crippen LogP contribution is 2.14. The lowest BCUT2D eigenvalue weighted by Crippen LogP contribution is -2.43. The fraction of sp³-hybridized carbons (Fsp3) is 0.350. The van der Waals surface area contributed by atoms with Crippen LogP contribution < -0.4 is 5.32 Å². The number of likely N-dealkylation sites (tertiary alicyclic amines) is 1. The lowest BCUT2D eigenvalue weighted by Gasteiger charge is -2.21. The zero-order valence-electron chi connectivity index (χ0n) is 15.0. The Hall–Kier alpha value is -2.93. The molecule has 0 bridgehead atoms. The van der Waals surface area contributed by atoms with Gasteiger partial charge in [0.05, 0.1) is 12.1 Å². The van der Waals surface area contributed by atoms with E-state index in [0.29, 0.717) is 31.6 Å². The molecule has 1 aliphatic heterocycles. The highest BCUT2D eigenvalue weighted by Gasteiger charge is 2.29. The van der Waals surface area contributed by atoms with Gasteiger partial charge in [0.15, 0.2) is 0 Å². The fourth-order valence-corrected chi connectivity index (χ4v) is 2.99. The van der Waals surface area contributed by atoms with Gasteiger partial charge in [-0.05, 0) is 30.5 Å². The lowest BCUT2D eigenvalue weighted by molar-refractivity contribution is 0.0816. The molecular formula is C20H23N3O4. The van der Waals surface area contributed by atoms with Crippen LogP contribution in [0.2, 0.25) is 0 Å². The number of carbonyl (C=O) groups excluding carboxylic acids is 2. The summed E-state index contributed by atoms with van der Waals surface area (Å²) in [4.78, 5) is 30.1. The number of hydrogen-bond acceptors (Lipinski definition) is 5.